The van der Waals surface area contributed by atoms with Crippen LogP contribution >= 0.6 is 0 Å². The second kappa shape index (κ2) is 8.47. The van der Waals surface area contributed by atoms with E-state index in [1.165, 1.54) is 50.2 Å². The van der Waals surface area contributed by atoms with Crippen molar-refractivity contribution >= 4 is 17.4 Å². The van der Waals surface area contributed by atoms with Crippen molar-refractivity contribution in [1.82, 2.24) is 9.78 Å². The molecule has 0 aliphatic heterocycles. The SMILES string of the molecule is CC(=O)c1cccc(NC(=O)C(C)Oc2ccc(=O)n(-c3ccc(F)cc3)n2)c1. The Kier molecular flexibility index (Phi) is 5.82. The number of aromatic nitrogens is 2. The number of anilines is 1. The molecule has 148 valence electrons. The molecule has 7 nitrogen and oxygen atoms in total. The van der Waals surface area contributed by atoms with Crippen molar-refractivity contribution in [2.75, 3.05) is 5.32 Å². The monoisotopic (exact) mass is 395 g/mol. The van der Waals surface area contributed by atoms with Crippen molar-refractivity contribution < 1.29 is 18.7 Å². The standard InChI is InChI=1S/C21H18FN3O4/c1-13(26)15-4-3-5-17(12-15)23-21(28)14(2)29-19-10-11-20(27)25(24-19)18-8-6-16(22)7-9-18/h3-12,14H,1-2H3,(H,23,28). The van der Waals surface area contributed by atoms with Gasteiger partial charge < -0.3 is 10.1 Å². The molecular formula is C21H18FN3O4. The molecule has 0 bridgehead atoms. The summed E-state index contributed by atoms with van der Waals surface area (Å²) in [6.45, 7) is 2.97. The van der Waals surface area contributed by atoms with E-state index in [1.807, 2.05) is 0 Å². The van der Waals surface area contributed by atoms with E-state index in [9.17, 15) is 18.8 Å². The highest BCUT2D eigenvalue weighted by atomic mass is 19.1. The first-order valence-electron chi connectivity index (χ1n) is 8.78. The van der Waals surface area contributed by atoms with Gasteiger partial charge in [-0.05, 0) is 50.2 Å². The highest BCUT2D eigenvalue weighted by Gasteiger charge is 2.17. The van der Waals surface area contributed by atoms with E-state index in [4.69, 9.17) is 4.74 Å². The molecule has 1 heterocycles. The van der Waals surface area contributed by atoms with Crippen molar-refractivity contribution in [1.29, 1.82) is 0 Å². The Bertz CT molecular complexity index is 1110. The maximum Gasteiger partial charge on any atom is 0.271 e. The lowest BCUT2D eigenvalue weighted by Crippen LogP contribution is -2.31. The van der Waals surface area contributed by atoms with Crippen LogP contribution < -0.4 is 15.6 Å². The number of rotatable bonds is 6. The van der Waals surface area contributed by atoms with Crippen molar-refractivity contribution in [2.45, 2.75) is 20.0 Å². The van der Waals surface area contributed by atoms with Gasteiger partial charge in [0.05, 0.1) is 5.69 Å². The summed E-state index contributed by atoms with van der Waals surface area (Å²) in [6.07, 6.45) is -0.928. The minimum absolute atomic E-state index is 0.0501. The average Bonchev–Trinajstić information content (AvgIpc) is 2.70. The predicted molar refractivity (Wildman–Crippen MR) is 105 cm³/mol. The van der Waals surface area contributed by atoms with Crippen LogP contribution in [0.15, 0.2) is 65.5 Å². The van der Waals surface area contributed by atoms with E-state index in [1.54, 1.807) is 24.3 Å². The summed E-state index contributed by atoms with van der Waals surface area (Å²) >= 11 is 0. The summed E-state index contributed by atoms with van der Waals surface area (Å²) in [7, 11) is 0. The zero-order valence-electron chi connectivity index (χ0n) is 15.8. The minimum Gasteiger partial charge on any atom is -0.463 e. The molecule has 29 heavy (non-hydrogen) atoms. The number of ketones is 1. The van der Waals surface area contributed by atoms with Crippen molar-refractivity contribution in [3.05, 3.63) is 82.4 Å². The van der Waals surface area contributed by atoms with E-state index in [0.29, 0.717) is 16.9 Å². The molecule has 1 amide bonds. The van der Waals surface area contributed by atoms with E-state index in [2.05, 4.69) is 10.4 Å². The summed E-state index contributed by atoms with van der Waals surface area (Å²) in [5.74, 6) is -0.952. The van der Waals surface area contributed by atoms with Crippen LogP contribution in [-0.2, 0) is 4.79 Å². The fourth-order valence-corrected chi connectivity index (χ4v) is 2.52. The molecule has 2 aromatic carbocycles. The van der Waals surface area contributed by atoms with Gasteiger partial charge in [0.25, 0.3) is 11.5 Å². The molecule has 1 N–H and O–H groups in total. The molecule has 0 saturated carbocycles. The fourth-order valence-electron chi connectivity index (χ4n) is 2.52. The largest absolute Gasteiger partial charge is 0.463 e. The third kappa shape index (κ3) is 4.92. The Morgan fingerprint density at radius 1 is 1.10 bits per heavy atom. The van der Waals surface area contributed by atoms with Crippen LogP contribution in [0, 0.1) is 5.82 Å². The summed E-state index contributed by atoms with van der Waals surface area (Å²) < 4.78 is 19.7. The van der Waals surface area contributed by atoms with Gasteiger partial charge in [0.2, 0.25) is 5.88 Å². The first kappa shape index (κ1) is 19.9. The van der Waals surface area contributed by atoms with Crippen LogP contribution in [0.25, 0.3) is 5.69 Å². The van der Waals surface area contributed by atoms with E-state index < -0.39 is 23.4 Å². The number of hydrogen-bond acceptors (Lipinski definition) is 5. The van der Waals surface area contributed by atoms with Gasteiger partial charge in [-0.15, -0.1) is 5.10 Å². The number of nitrogens with one attached hydrogen (secondary N) is 1. The van der Waals surface area contributed by atoms with Gasteiger partial charge in [-0.1, -0.05) is 12.1 Å². The van der Waals surface area contributed by atoms with Crippen LogP contribution in [0.4, 0.5) is 10.1 Å². The van der Waals surface area contributed by atoms with Crippen LogP contribution in [-0.4, -0.2) is 27.6 Å². The van der Waals surface area contributed by atoms with E-state index >= 15 is 0 Å². The second-order valence-corrected chi connectivity index (χ2v) is 6.28. The van der Waals surface area contributed by atoms with Crippen molar-refractivity contribution in [2.24, 2.45) is 0 Å². The van der Waals surface area contributed by atoms with Gasteiger partial charge in [-0.25, -0.2) is 4.39 Å². The quantitative estimate of drug-likeness (QED) is 0.648. The van der Waals surface area contributed by atoms with Crippen LogP contribution in [0.3, 0.4) is 0 Å². The molecule has 1 unspecified atom stereocenters. The van der Waals surface area contributed by atoms with Crippen molar-refractivity contribution in [3.8, 4) is 11.6 Å². The number of hydrogen-bond donors (Lipinski definition) is 1. The Labute approximate surface area is 165 Å². The highest BCUT2D eigenvalue weighted by molar-refractivity contribution is 5.98. The molecule has 3 aromatic rings. The van der Waals surface area contributed by atoms with Gasteiger partial charge in [0, 0.05) is 23.4 Å². The molecule has 0 aliphatic rings. The van der Waals surface area contributed by atoms with Gasteiger partial charge in [-0.2, -0.15) is 4.68 Å². The number of amides is 1. The molecule has 0 radical (unpaired) electrons. The van der Waals surface area contributed by atoms with E-state index in [-0.39, 0.29) is 11.7 Å². The zero-order valence-corrected chi connectivity index (χ0v) is 15.8. The van der Waals surface area contributed by atoms with E-state index in [0.717, 1.165) is 4.68 Å². The maximum absolute atomic E-state index is 13.1. The molecule has 0 saturated heterocycles. The average molecular weight is 395 g/mol. The number of Topliss-reactive ketones (excluding diaryl/α,β-unsaturated/α-hetero) is 1. The Hall–Kier alpha value is -3.81. The predicted octanol–water partition coefficient (Wildman–Crippen LogP) is 2.98. The third-order valence-electron chi connectivity index (χ3n) is 4.05. The molecule has 0 spiro atoms. The first-order valence-corrected chi connectivity index (χ1v) is 8.78. The van der Waals surface area contributed by atoms with Crippen LogP contribution in [0.2, 0.25) is 0 Å². The molecule has 8 heteroatoms. The number of carbonyl (C=O) groups is 2. The van der Waals surface area contributed by atoms with Gasteiger partial charge in [0.15, 0.2) is 11.9 Å². The molecule has 1 atom stereocenters. The van der Waals surface area contributed by atoms with Crippen LogP contribution in [0.5, 0.6) is 5.88 Å². The minimum atomic E-state index is -0.928. The van der Waals surface area contributed by atoms with Gasteiger partial charge in [-0.3, -0.25) is 14.4 Å². The summed E-state index contributed by atoms with van der Waals surface area (Å²) in [4.78, 5) is 35.9. The number of benzene rings is 2. The topological polar surface area (TPSA) is 90.3 Å². The second-order valence-electron chi connectivity index (χ2n) is 6.28. The lowest BCUT2D eigenvalue weighted by atomic mass is 10.1. The first-order chi connectivity index (χ1) is 13.8. The Morgan fingerprint density at radius 2 is 1.83 bits per heavy atom. The normalized spacial score (nSPS) is 11.6. The smallest absolute Gasteiger partial charge is 0.271 e. The molecule has 0 aliphatic carbocycles. The summed E-state index contributed by atoms with van der Waals surface area (Å²) in [5, 5.41) is 6.74. The number of ether oxygens (including phenoxy) is 1. The van der Waals surface area contributed by atoms with Gasteiger partial charge in [0.1, 0.15) is 5.82 Å². The highest BCUT2D eigenvalue weighted by Crippen LogP contribution is 2.14. The van der Waals surface area contributed by atoms with Crippen LogP contribution in [0.1, 0.15) is 24.2 Å². The lowest BCUT2D eigenvalue weighted by Gasteiger charge is -2.15. The molecule has 3 rings (SSSR count). The number of nitrogens with zero attached hydrogens (tertiary/aromatic N) is 2. The third-order valence-corrected chi connectivity index (χ3v) is 4.05. The molecule has 1 aromatic heterocycles. The Morgan fingerprint density at radius 3 is 2.52 bits per heavy atom. The number of halogens is 1. The summed E-state index contributed by atoms with van der Waals surface area (Å²) in [6, 6.07) is 14.4. The Balaban J connectivity index is 1.74. The fraction of sp³-hybridized carbons (Fsp3) is 0.143. The molecular weight excluding hydrogens is 377 g/mol. The van der Waals surface area contributed by atoms with Gasteiger partial charge >= 0.3 is 0 Å². The number of carbonyl (C=O) groups excluding carboxylic acids is 2. The van der Waals surface area contributed by atoms with Crippen molar-refractivity contribution in [3.63, 3.8) is 0 Å². The zero-order chi connectivity index (χ0) is 21.0. The maximum atomic E-state index is 13.1. The molecule has 0 fully saturated rings. The lowest BCUT2D eigenvalue weighted by molar-refractivity contribution is -0.122. The summed E-state index contributed by atoms with van der Waals surface area (Å²) in [5.41, 5.74) is 0.869.